The number of hydrogen-bond acceptors (Lipinski definition) is 1. The molecule has 0 spiro atoms. The van der Waals surface area contributed by atoms with Gasteiger partial charge in [0, 0.05) is 18.3 Å². The van der Waals surface area contributed by atoms with Crippen molar-refractivity contribution in [3.8, 4) is 5.69 Å². The quantitative estimate of drug-likeness (QED) is 0.762. The molecule has 3 aromatic rings. The standard InChI is InChI=1S/C18H19NO/c1-18(2,20)13-15-8-4-6-10-17(15)19-12-11-14-7-3-5-9-16(14)19/h3-12,20H,13H2,1-2H3. The fourth-order valence-electron chi connectivity index (χ4n) is 2.65. The van der Waals surface area contributed by atoms with E-state index in [2.05, 4.69) is 53.2 Å². The van der Waals surface area contributed by atoms with Gasteiger partial charge in [0.05, 0.1) is 11.1 Å². The Hall–Kier alpha value is -2.06. The second kappa shape index (κ2) is 4.80. The van der Waals surface area contributed by atoms with Crippen molar-refractivity contribution in [2.24, 2.45) is 0 Å². The molecule has 0 fully saturated rings. The van der Waals surface area contributed by atoms with E-state index in [1.165, 1.54) is 10.9 Å². The van der Waals surface area contributed by atoms with Gasteiger partial charge in [-0.15, -0.1) is 0 Å². The molecule has 2 nitrogen and oxygen atoms in total. The Morgan fingerprint density at radius 2 is 1.65 bits per heavy atom. The van der Waals surface area contributed by atoms with E-state index in [-0.39, 0.29) is 0 Å². The minimum absolute atomic E-state index is 0.635. The lowest BCUT2D eigenvalue weighted by Crippen LogP contribution is -2.22. The molecule has 0 bridgehead atoms. The maximum Gasteiger partial charge on any atom is 0.0632 e. The summed E-state index contributed by atoms with van der Waals surface area (Å²) in [6.45, 7) is 3.69. The molecule has 0 radical (unpaired) electrons. The minimum Gasteiger partial charge on any atom is -0.390 e. The maximum absolute atomic E-state index is 10.1. The number of hydrogen-bond donors (Lipinski definition) is 1. The van der Waals surface area contributed by atoms with Gasteiger partial charge in [0.1, 0.15) is 0 Å². The first-order valence-electron chi connectivity index (χ1n) is 6.91. The average molecular weight is 265 g/mol. The van der Waals surface area contributed by atoms with Crippen molar-refractivity contribution in [3.63, 3.8) is 0 Å². The van der Waals surface area contributed by atoms with E-state index in [9.17, 15) is 5.11 Å². The fraction of sp³-hybridized carbons (Fsp3) is 0.222. The van der Waals surface area contributed by atoms with Gasteiger partial charge in [-0.2, -0.15) is 0 Å². The first kappa shape index (κ1) is 12.9. The van der Waals surface area contributed by atoms with Crippen LogP contribution in [0.1, 0.15) is 19.4 Å². The lowest BCUT2D eigenvalue weighted by molar-refractivity contribution is 0.0810. The Morgan fingerprint density at radius 3 is 2.45 bits per heavy atom. The van der Waals surface area contributed by atoms with Gasteiger partial charge >= 0.3 is 0 Å². The van der Waals surface area contributed by atoms with Crippen molar-refractivity contribution in [3.05, 3.63) is 66.4 Å². The highest BCUT2D eigenvalue weighted by Gasteiger charge is 2.16. The Morgan fingerprint density at radius 1 is 0.950 bits per heavy atom. The lowest BCUT2D eigenvalue weighted by atomic mass is 9.97. The fourth-order valence-corrected chi connectivity index (χ4v) is 2.65. The molecular weight excluding hydrogens is 246 g/mol. The van der Waals surface area contributed by atoms with Crippen LogP contribution in [-0.2, 0) is 6.42 Å². The van der Waals surface area contributed by atoms with Gasteiger partial charge in [-0.05, 0) is 43.0 Å². The Balaban J connectivity index is 2.15. The second-order valence-electron chi connectivity index (χ2n) is 5.86. The minimum atomic E-state index is -0.709. The molecule has 2 heteroatoms. The van der Waals surface area contributed by atoms with E-state index in [0.717, 1.165) is 11.3 Å². The third-order valence-corrected chi connectivity index (χ3v) is 3.47. The summed E-state index contributed by atoms with van der Waals surface area (Å²) in [7, 11) is 0. The van der Waals surface area contributed by atoms with Crippen LogP contribution in [-0.4, -0.2) is 15.3 Å². The maximum atomic E-state index is 10.1. The van der Waals surface area contributed by atoms with E-state index >= 15 is 0 Å². The largest absolute Gasteiger partial charge is 0.390 e. The molecule has 2 aromatic carbocycles. The number of para-hydroxylation sites is 2. The van der Waals surface area contributed by atoms with Crippen molar-refractivity contribution in [1.29, 1.82) is 0 Å². The Labute approximate surface area is 119 Å². The van der Waals surface area contributed by atoms with E-state index < -0.39 is 5.60 Å². The Bertz CT molecular complexity index is 734. The summed E-state index contributed by atoms with van der Waals surface area (Å²) in [5.74, 6) is 0. The first-order chi connectivity index (χ1) is 9.54. The normalized spacial score (nSPS) is 11.9. The zero-order valence-electron chi connectivity index (χ0n) is 11.9. The van der Waals surface area contributed by atoms with E-state index in [1.807, 2.05) is 26.0 Å². The number of nitrogens with zero attached hydrogens (tertiary/aromatic N) is 1. The van der Waals surface area contributed by atoms with E-state index in [1.54, 1.807) is 0 Å². The van der Waals surface area contributed by atoms with Crippen LogP contribution < -0.4 is 0 Å². The topological polar surface area (TPSA) is 25.2 Å². The lowest BCUT2D eigenvalue weighted by Gasteiger charge is -2.20. The highest BCUT2D eigenvalue weighted by atomic mass is 16.3. The molecule has 1 aromatic heterocycles. The Kier molecular flexibility index (Phi) is 3.11. The molecule has 102 valence electrons. The first-order valence-corrected chi connectivity index (χ1v) is 6.91. The zero-order chi connectivity index (χ0) is 14.2. The number of benzene rings is 2. The molecule has 0 saturated carbocycles. The van der Waals surface area contributed by atoms with Crippen LogP contribution in [0.4, 0.5) is 0 Å². The molecular formula is C18H19NO. The molecule has 0 aliphatic carbocycles. The van der Waals surface area contributed by atoms with Gasteiger partial charge in [-0.3, -0.25) is 0 Å². The summed E-state index contributed by atoms with van der Waals surface area (Å²) in [6, 6.07) is 18.7. The predicted octanol–water partition coefficient (Wildman–Crippen LogP) is 3.94. The summed E-state index contributed by atoms with van der Waals surface area (Å²) in [5.41, 5.74) is 2.77. The molecule has 0 aliphatic rings. The van der Waals surface area contributed by atoms with Crippen molar-refractivity contribution in [2.45, 2.75) is 25.9 Å². The number of aromatic nitrogens is 1. The molecule has 0 saturated heterocycles. The van der Waals surface area contributed by atoms with Gasteiger partial charge in [0.15, 0.2) is 0 Å². The van der Waals surface area contributed by atoms with Crippen LogP contribution in [0, 0.1) is 0 Å². The molecule has 0 amide bonds. The van der Waals surface area contributed by atoms with Gasteiger partial charge in [0.25, 0.3) is 0 Å². The molecule has 0 atom stereocenters. The van der Waals surface area contributed by atoms with Crippen LogP contribution in [0.25, 0.3) is 16.6 Å². The van der Waals surface area contributed by atoms with Gasteiger partial charge in [-0.25, -0.2) is 0 Å². The van der Waals surface area contributed by atoms with Crippen LogP contribution in [0.5, 0.6) is 0 Å². The van der Waals surface area contributed by atoms with Gasteiger partial charge in [0.2, 0.25) is 0 Å². The summed E-state index contributed by atoms with van der Waals surface area (Å²) < 4.78 is 2.19. The highest BCUT2D eigenvalue weighted by molar-refractivity contribution is 5.82. The summed E-state index contributed by atoms with van der Waals surface area (Å²) in [5, 5.41) is 11.3. The number of rotatable bonds is 3. The number of aliphatic hydroxyl groups is 1. The summed E-state index contributed by atoms with van der Waals surface area (Å²) in [4.78, 5) is 0. The average Bonchev–Trinajstić information content (AvgIpc) is 2.81. The van der Waals surface area contributed by atoms with Crippen molar-refractivity contribution >= 4 is 10.9 Å². The molecule has 1 heterocycles. The van der Waals surface area contributed by atoms with E-state index in [0.29, 0.717) is 6.42 Å². The van der Waals surface area contributed by atoms with Crippen LogP contribution in [0.15, 0.2) is 60.8 Å². The van der Waals surface area contributed by atoms with Gasteiger partial charge in [-0.1, -0.05) is 36.4 Å². The SMILES string of the molecule is CC(C)(O)Cc1ccccc1-n1ccc2ccccc21. The smallest absolute Gasteiger partial charge is 0.0632 e. The second-order valence-corrected chi connectivity index (χ2v) is 5.86. The molecule has 20 heavy (non-hydrogen) atoms. The van der Waals surface area contributed by atoms with Crippen molar-refractivity contribution < 1.29 is 5.11 Å². The molecule has 0 unspecified atom stereocenters. The zero-order valence-corrected chi connectivity index (χ0v) is 11.9. The summed E-state index contributed by atoms with van der Waals surface area (Å²) in [6.07, 6.45) is 2.73. The third-order valence-electron chi connectivity index (χ3n) is 3.47. The number of fused-ring (bicyclic) bond motifs is 1. The van der Waals surface area contributed by atoms with Crippen LogP contribution in [0.3, 0.4) is 0 Å². The third kappa shape index (κ3) is 2.47. The monoisotopic (exact) mass is 265 g/mol. The molecule has 1 N–H and O–H groups in total. The van der Waals surface area contributed by atoms with Gasteiger partial charge < -0.3 is 9.67 Å². The molecule has 0 aliphatic heterocycles. The highest BCUT2D eigenvalue weighted by Crippen LogP contribution is 2.25. The van der Waals surface area contributed by atoms with Crippen molar-refractivity contribution in [1.82, 2.24) is 4.57 Å². The molecule has 3 rings (SSSR count). The van der Waals surface area contributed by atoms with Crippen LogP contribution in [0.2, 0.25) is 0 Å². The van der Waals surface area contributed by atoms with Crippen LogP contribution >= 0.6 is 0 Å². The summed E-state index contributed by atoms with van der Waals surface area (Å²) >= 11 is 0. The van der Waals surface area contributed by atoms with Crippen molar-refractivity contribution in [2.75, 3.05) is 0 Å². The predicted molar refractivity (Wildman–Crippen MR) is 83.3 cm³/mol. The van der Waals surface area contributed by atoms with E-state index in [4.69, 9.17) is 0 Å².